The number of para-hydroxylation sites is 1. The monoisotopic (exact) mass is 384 g/mol. The molecule has 1 aliphatic carbocycles. The van der Waals surface area contributed by atoms with Gasteiger partial charge in [0.2, 0.25) is 11.5 Å². The molecule has 2 N–H and O–H groups in total. The summed E-state index contributed by atoms with van der Waals surface area (Å²) in [5.41, 5.74) is -1.37. The number of aromatic nitrogens is 2. The molecule has 2 fully saturated rings. The number of hydrogen-bond donors (Lipinski definition) is 2. The van der Waals surface area contributed by atoms with E-state index < -0.39 is 17.4 Å². The summed E-state index contributed by atoms with van der Waals surface area (Å²) >= 11 is 0. The molecule has 4 rings (SSSR count). The van der Waals surface area contributed by atoms with E-state index in [2.05, 4.69) is 15.5 Å². The second-order valence-electron chi connectivity index (χ2n) is 7.44. The van der Waals surface area contributed by atoms with Crippen molar-refractivity contribution in [2.75, 3.05) is 18.0 Å². The highest BCUT2D eigenvalue weighted by Gasteiger charge is 2.51. The number of anilines is 1. The smallest absolute Gasteiger partial charge is 0.268 e. The van der Waals surface area contributed by atoms with Gasteiger partial charge in [-0.15, -0.1) is 0 Å². The maximum atomic E-state index is 12.6. The third-order valence-corrected chi connectivity index (χ3v) is 5.56. The quantitative estimate of drug-likeness (QED) is 0.732. The van der Waals surface area contributed by atoms with Crippen LogP contribution in [0.2, 0.25) is 0 Å². The van der Waals surface area contributed by atoms with E-state index in [1.165, 1.54) is 17.7 Å². The number of aliphatic hydroxyl groups is 1. The van der Waals surface area contributed by atoms with Crippen LogP contribution in [0.4, 0.5) is 5.69 Å². The van der Waals surface area contributed by atoms with Crippen molar-refractivity contribution in [2.24, 2.45) is 0 Å². The Morgan fingerprint density at radius 3 is 2.79 bits per heavy atom. The zero-order valence-corrected chi connectivity index (χ0v) is 15.6. The molecule has 2 heterocycles. The minimum atomic E-state index is -2.04. The van der Waals surface area contributed by atoms with Gasteiger partial charge >= 0.3 is 0 Å². The van der Waals surface area contributed by atoms with E-state index in [1.807, 2.05) is 18.2 Å². The molecule has 1 aromatic heterocycles. The van der Waals surface area contributed by atoms with Crippen molar-refractivity contribution in [1.29, 1.82) is 0 Å². The lowest BCUT2D eigenvalue weighted by Gasteiger charge is -2.21. The molecule has 1 aliphatic heterocycles. The van der Waals surface area contributed by atoms with Crippen LogP contribution in [-0.2, 0) is 16.0 Å². The predicted molar refractivity (Wildman–Crippen MR) is 101 cm³/mol. The van der Waals surface area contributed by atoms with Crippen LogP contribution in [0.3, 0.4) is 0 Å². The van der Waals surface area contributed by atoms with Crippen molar-refractivity contribution >= 4 is 17.5 Å². The fourth-order valence-electron chi connectivity index (χ4n) is 3.91. The SMILES string of the molecule is O=C(NCCc1noc(C2CCCC2)n1)[C@@]1(O)CCN(c2ccccc2)C1=O. The first-order chi connectivity index (χ1) is 13.6. The van der Waals surface area contributed by atoms with Gasteiger partial charge < -0.3 is 19.8 Å². The fraction of sp³-hybridized carbons (Fsp3) is 0.500. The second-order valence-corrected chi connectivity index (χ2v) is 7.44. The van der Waals surface area contributed by atoms with Gasteiger partial charge in [-0.2, -0.15) is 4.98 Å². The largest absolute Gasteiger partial charge is 0.372 e. The Hall–Kier alpha value is -2.74. The van der Waals surface area contributed by atoms with Gasteiger partial charge in [-0.1, -0.05) is 36.2 Å². The Kier molecular flexibility index (Phi) is 5.13. The Bertz CT molecular complexity index is 847. The van der Waals surface area contributed by atoms with E-state index in [1.54, 1.807) is 12.1 Å². The lowest BCUT2D eigenvalue weighted by molar-refractivity contribution is -0.149. The molecule has 28 heavy (non-hydrogen) atoms. The van der Waals surface area contributed by atoms with Gasteiger partial charge in [0.15, 0.2) is 5.82 Å². The molecule has 1 atom stereocenters. The van der Waals surface area contributed by atoms with Crippen LogP contribution < -0.4 is 10.2 Å². The molecule has 8 heteroatoms. The van der Waals surface area contributed by atoms with Gasteiger partial charge in [0.25, 0.3) is 11.8 Å². The van der Waals surface area contributed by atoms with Crippen LogP contribution in [0, 0.1) is 0 Å². The molecule has 8 nitrogen and oxygen atoms in total. The van der Waals surface area contributed by atoms with Gasteiger partial charge in [0.05, 0.1) is 0 Å². The Morgan fingerprint density at radius 1 is 1.29 bits per heavy atom. The standard InChI is InChI=1S/C20H24N4O4/c25-18(20(27)11-13-24(19(20)26)15-8-2-1-3-9-15)21-12-10-16-22-17(28-23-16)14-6-4-5-7-14/h1-3,8-9,14,27H,4-7,10-13H2,(H,21,25)/t20-/m0/s1. The van der Waals surface area contributed by atoms with Gasteiger partial charge in [-0.05, 0) is 25.0 Å². The van der Waals surface area contributed by atoms with Gasteiger partial charge in [0.1, 0.15) is 0 Å². The number of rotatable bonds is 6. The number of carbonyl (C=O) groups is 2. The van der Waals surface area contributed by atoms with E-state index in [0.717, 1.165) is 12.8 Å². The number of benzene rings is 1. The summed E-state index contributed by atoms with van der Waals surface area (Å²) in [5, 5.41) is 17.3. The highest BCUT2D eigenvalue weighted by atomic mass is 16.5. The molecule has 2 aromatic rings. The molecular formula is C20H24N4O4. The molecule has 0 unspecified atom stereocenters. The number of hydrogen-bond acceptors (Lipinski definition) is 6. The fourth-order valence-corrected chi connectivity index (χ4v) is 3.91. The van der Waals surface area contributed by atoms with Crippen molar-refractivity contribution < 1.29 is 19.2 Å². The third-order valence-electron chi connectivity index (χ3n) is 5.56. The molecule has 2 amide bonds. The van der Waals surface area contributed by atoms with Crippen molar-refractivity contribution in [1.82, 2.24) is 15.5 Å². The number of amides is 2. The lowest BCUT2D eigenvalue weighted by atomic mass is 10.0. The Labute approximate surface area is 162 Å². The van der Waals surface area contributed by atoms with Gasteiger partial charge in [-0.3, -0.25) is 9.59 Å². The van der Waals surface area contributed by atoms with E-state index in [-0.39, 0.29) is 13.0 Å². The first kappa shape index (κ1) is 18.6. The first-order valence-corrected chi connectivity index (χ1v) is 9.78. The highest BCUT2D eigenvalue weighted by molar-refractivity contribution is 6.16. The third kappa shape index (κ3) is 3.52. The minimum absolute atomic E-state index is 0.0562. The number of nitrogens with zero attached hydrogens (tertiary/aromatic N) is 3. The molecule has 1 saturated carbocycles. The van der Waals surface area contributed by atoms with E-state index in [4.69, 9.17) is 4.52 Å². The summed E-state index contributed by atoms with van der Waals surface area (Å²) in [7, 11) is 0. The summed E-state index contributed by atoms with van der Waals surface area (Å²) in [6.07, 6.45) is 4.96. The molecule has 0 radical (unpaired) electrons. The van der Waals surface area contributed by atoms with Crippen molar-refractivity contribution in [2.45, 2.75) is 50.0 Å². The van der Waals surface area contributed by atoms with Crippen molar-refractivity contribution in [3.63, 3.8) is 0 Å². The summed E-state index contributed by atoms with van der Waals surface area (Å²) in [4.78, 5) is 31.0. The minimum Gasteiger partial charge on any atom is -0.372 e. The van der Waals surface area contributed by atoms with Crippen LogP contribution in [0.1, 0.15) is 49.7 Å². The predicted octanol–water partition coefficient (Wildman–Crippen LogP) is 1.55. The lowest BCUT2D eigenvalue weighted by Crippen LogP contribution is -2.52. The second kappa shape index (κ2) is 7.71. The van der Waals surface area contributed by atoms with Crippen molar-refractivity contribution in [3.8, 4) is 0 Å². The van der Waals surface area contributed by atoms with E-state index in [9.17, 15) is 14.7 Å². The Morgan fingerprint density at radius 2 is 2.04 bits per heavy atom. The topological polar surface area (TPSA) is 109 Å². The molecule has 0 spiro atoms. The summed E-state index contributed by atoms with van der Waals surface area (Å²) in [6.45, 7) is 0.520. The molecular weight excluding hydrogens is 360 g/mol. The summed E-state index contributed by atoms with van der Waals surface area (Å²) < 4.78 is 5.32. The summed E-state index contributed by atoms with van der Waals surface area (Å²) in [6, 6.07) is 9.02. The zero-order valence-electron chi connectivity index (χ0n) is 15.6. The van der Waals surface area contributed by atoms with Crippen LogP contribution in [0.25, 0.3) is 0 Å². The average Bonchev–Trinajstić information content (AvgIpc) is 3.45. The van der Waals surface area contributed by atoms with Gasteiger partial charge in [0, 0.05) is 37.5 Å². The normalized spacial score (nSPS) is 22.8. The van der Waals surface area contributed by atoms with Crippen LogP contribution in [0.5, 0.6) is 0 Å². The van der Waals surface area contributed by atoms with Crippen LogP contribution in [-0.4, -0.2) is 45.8 Å². The molecule has 2 aliphatic rings. The van der Waals surface area contributed by atoms with E-state index in [0.29, 0.717) is 36.3 Å². The molecule has 1 aromatic carbocycles. The zero-order chi connectivity index (χ0) is 19.6. The van der Waals surface area contributed by atoms with Crippen LogP contribution in [0.15, 0.2) is 34.9 Å². The van der Waals surface area contributed by atoms with Crippen molar-refractivity contribution in [3.05, 3.63) is 42.0 Å². The average molecular weight is 384 g/mol. The number of nitrogens with one attached hydrogen (secondary N) is 1. The number of carbonyl (C=O) groups excluding carboxylic acids is 2. The maximum absolute atomic E-state index is 12.6. The summed E-state index contributed by atoms with van der Waals surface area (Å²) in [5.74, 6) is 0.256. The van der Waals surface area contributed by atoms with Crippen LogP contribution >= 0.6 is 0 Å². The molecule has 1 saturated heterocycles. The first-order valence-electron chi connectivity index (χ1n) is 9.78. The molecule has 0 bridgehead atoms. The maximum Gasteiger partial charge on any atom is 0.268 e. The van der Waals surface area contributed by atoms with E-state index >= 15 is 0 Å². The van der Waals surface area contributed by atoms with Gasteiger partial charge in [-0.25, -0.2) is 0 Å². The Balaban J connectivity index is 1.32. The highest BCUT2D eigenvalue weighted by Crippen LogP contribution is 2.33. The molecule has 148 valence electrons.